The summed E-state index contributed by atoms with van der Waals surface area (Å²) in [5, 5.41) is 3.47. The second kappa shape index (κ2) is 3.58. The van der Waals surface area contributed by atoms with Crippen molar-refractivity contribution in [3.05, 3.63) is 17.0 Å². The van der Waals surface area contributed by atoms with Gasteiger partial charge in [0.25, 0.3) is 0 Å². The third-order valence-electron chi connectivity index (χ3n) is 1.98. The van der Waals surface area contributed by atoms with Crippen molar-refractivity contribution in [2.24, 2.45) is 0 Å². The molecule has 4 nitrogen and oxygen atoms in total. The van der Waals surface area contributed by atoms with Gasteiger partial charge in [0.1, 0.15) is 10.7 Å². The summed E-state index contributed by atoms with van der Waals surface area (Å²) in [6.45, 7) is 1.93. The molecule has 0 unspecified atom stereocenters. The molecule has 0 aliphatic rings. The van der Waals surface area contributed by atoms with Crippen LogP contribution in [0.25, 0.3) is 11.2 Å². The van der Waals surface area contributed by atoms with Crippen molar-refractivity contribution >= 4 is 22.8 Å². The van der Waals surface area contributed by atoms with Gasteiger partial charge in [-0.25, -0.2) is 14.6 Å². The highest BCUT2D eigenvalue weighted by atomic mass is 35.5. The maximum Gasteiger partial charge on any atom is 0.437 e. The molecule has 0 N–H and O–H groups in total. The van der Waals surface area contributed by atoms with Crippen LogP contribution < -0.4 is 0 Å². The maximum atomic E-state index is 12.6. The van der Waals surface area contributed by atoms with Crippen LogP contribution in [0.15, 0.2) is 6.20 Å². The first-order valence-electron chi connectivity index (χ1n) is 4.39. The predicted octanol–water partition coefficient (Wildman–Crippen LogP) is 2.52. The molecule has 2 aromatic rings. The molecule has 0 bridgehead atoms. The number of alkyl halides is 3. The van der Waals surface area contributed by atoms with E-state index in [4.69, 9.17) is 11.6 Å². The minimum atomic E-state index is -4.54. The Morgan fingerprint density at radius 2 is 2.12 bits per heavy atom. The van der Waals surface area contributed by atoms with Crippen LogP contribution in [0.2, 0.25) is 5.15 Å². The zero-order valence-electron chi connectivity index (χ0n) is 8.09. The minimum Gasteiger partial charge on any atom is -0.247 e. The topological polar surface area (TPSA) is 43.6 Å². The van der Waals surface area contributed by atoms with Gasteiger partial charge in [-0.1, -0.05) is 11.6 Å². The van der Waals surface area contributed by atoms with Crippen LogP contribution in [0, 0.1) is 0 Å². The molecule has 2 heterocycles. The fourth-order valence-corrected chi connectivity index (χ4v) is 1.46. The second-order valence-electron chi connectivity index (χ2n) is 3.03. The highest BCUT2D eigenvalue weighted by Gasteiger charge is 2.38. The smallest absolute Gasteiger partial charge is 0.247 e. The number of aromatic nitrogens is 4. The van der Waals surface area contributed by atoms with Crippen molar-refractivity contribution in [3.8, 4) is 0 Å². The van der Waals surface area contributed by atoms with Crippen molar-refractivity contribution in [2.45, 2.75) is 19.6 Å². The zero-order chi connectivity index (χ0) is 11.9. The lowest BCUT2D eigenvalue weighted by molar-refractivity contribution is -0.140. The number of rotatable bonds is 1. The van der Waals surface area contributed by atoms with Gasteiger partial charge in [-0.2, -0.15) is 18.3 Å². The number of fused-ring (bicyclic) bond motifs is 1. The summed E-state index contributed by atoms with van der Waals surface area (Å²) in [6, 6.07) is 0. The molecule has 8 heteroatoms. The summed E-state index contributed by atoms with van der Waals surface area (Å²) in [7, 11) is 0. The normalized spacial score (nSPS) is 12.3. The summed E-state index contributed by atoms with van der Waals surface area (Å²) >= 11 is 5.58. The summed E-state index contributed by atoms with van der Waals surface area (Å²) in [6.07, 6.45) is -3.47. The van der Waals surface area contributed by atoms with Gasteiger partial charge in [-0.15, -0.1) is 0 Å². The fraction of sp³-hybridized carbons (Fsp3) is 0.375. The molecule has 86 valence electrons. The Kier molecular flexibility index (Phi) is 2.49. The van der Waals surface area contributed by atoms with E-state index >= 15 is 0 Å². The van der Waals surface area contributed by atoms with E-state index in [0.29, 0.717) is 0 Å². The van der Waals surface area contributed by atoms with Crippen LogP contribution in [-0.4, -0.2) is 19.7 Å². The molecule has 0 saturated carbocycles. The average molecular weight is 251 g/mol. The average Bonchev–Trinajstić information content (AvgIpc) is 2.55. The molecule has 0 atom stereocenters. The lowest BCUT2D eigenvalue weighted by Gasteiger charge is -2.00. The zero-order valence-corrected chi connectivity index (χ0v) is 8.84. The highest BCUT2D eigenvalue weighted by molar-refractivity contribution is 6.29. The molecule has 0 aliphatic heterocycles. The van der Waals surface area contributed by atoms with Gasteiger partial charge in [0.05, 0.1) is 6.20 Å². The van der Waals surface area contributed by atoms with E-state index in [1.807, 2.05) is 0 Å². The van der Waals surface area contributed by atoms with Crippen LogP contribution >= 0.6 is 11.6 Å². The molecule has 0 fully saturated rings. The van der Waals surface area contributed by atoms with E-state index < -0.39 is 11.9 Å². The van der Waals surface area contributed by atoms with Crippen molar-refractivity contribution in [1.29, 1.82) is 0 Å². The van der Waals surface area contributed by atoms with Crippen molar-refractivity contribution in [2.75, 3.05) is 0 Å². The van der Waals surface area contributed by atoms with Gasteiger partial charge >= 0.3 is 6.18 Å². The van der Waals surface area contributed by atoms with Crippen molar-refractivity contribution in [1.82, 2.24) is 19.7 Å². The quantitative estimate of drug-likeness (QED) is 0.781. The van der Waals surface area contributed by atoms with E-state index in [9.17, 15) is 13.2 Å². The molecule has 0 saturated heterocycles. The first kappa shape index (κ1) is 11.1. The van der Waals surface area contributed by atoms with E-state index in [0.717, 1.165) is 10.9 Å². The summed E-state index contributed by atoms with van der Waals surface area (Å²) in [4.78, 5) is 7.40. The number of aryl methyl sites for hydroxylation is 1. The van der Waals surface area contributed by atoms with E-state index in [-0.39, 0.29) is 22.9 Å². The molecule has 2 aromatic heterocycles. The molecule has 0 radical (unpaired) electrons. The SMILES string of the molecule is CCn1nc(C(F)(F)F)c2ncc(Cl)nc21. The van der Waals surface area contributed by atoms with Crippen LogP contribution in [0.3, 0.4) is 0 Å². The van der Waals surface area contributed by atoms with Gasteiger partial charge in [0.2, 0.25) is 0 Å². The van der Waals surface area contributed by atoms with E-state index in [1.54, 1.807) is 6.92 Å². The lowest BCUT2D eigenvalue weighted by Crippen LogP contribution is -2.08. The first-order valence-corrected chi connectivity index (χ1v) is 4.77. The fourth-order valence-electron chi connectivity index (χ4n) is 1.33. The molecular formula is C8H6ClF3N4. The summed E-state index contributed by atoms with van der Waals surface area (Å²) < 4.78 is 38.9. The first-order chi connectivity index (χ1) is 7.43. The Morgan fingerprint density at radius 1 is 1.44 bits per heavy atom. The van der Waals surface area contributed by atoms with Crippen LogP contribution in [-0.2, 0) is 12.7 Å². The maximum absolute atomic E-state index is 12.6. The molecule has 0 aliphatic carbocycles. The van der Waals surface area contributed by atoms with E-state index in [2.05, 4.69) is 15.1 Å². The standard InChI is InChI=1S/C8H6ClF3N4/c1-2-16-7-5(13-3-4(9)14-7)6(15-16)8(10,11)12/h3H,2H2,1H3. The van der Waals surface area contributed by atoms with Crippen LogP contribution in [0.1, 0.15) is 12.6 Å². The minimum absolute atomic E-state index is 0.0378. The van der Waals surface area contributed by atoms with Crippen molar-refractivity contribution in [3.63, 3.8) is 0 Å². The number of hydrogen-bond acceptors (Lipinski definition) is 3. The van der Waals surface area contributed by atoms with Gasteiger partial charge in [-0.3, -0.25) is 0 Å². The Morgan fingerprint density at radius 3 is 2.69 bits per heavy atom. The Hall–Kier alpha value is -1.37. The molecule has 2 rings (SSSR count). The Bertz CT molecular complexity index is 534. The monoisotopic (exact) mass is 250 g/mol. The van der Waals surface area contributed by atoms with Gasteiger partial charge in [0, 0.05) is 6.54 Å². The molecule has 0 spiro atoms. The van der Waals surface area contributed by atoms with Gasteiger partial charge in [0.15, 0.2) is 11.3 Å². The lowest BCUT2D eigenvalue weighted by atomic mass is 10.4. The second-order valence-corrected chi connectivity index (χ2v) is 3.41. The Balaban J connectivity index is 2.78. The largest absolute Gasteiger partial charge is 0.437 e. The summed E-state index contributed by atoms with van der Waals surface area (Å²) in [5.41, 5.74) is -1.27. The third-order valence-corrected chi connectivity index (χ3v) is 2.16. The highest BCUT2D eigenvalue weighted by Crippen LogP contribution is 2.32. The molecule has 0 aromatic carbocycles. The van der Waals surface area contributed by atoms with Gasteiger partial charge in [-0.05, 0) is 6.92 Å². The number of hydrogen-bond donors (Lipinski definition) is 0. The van der Waals surface area contributed by atoms with Crippen LogP contribution in [0.5, 0.6) is 0 Å². The summed E-state index contributed by atoms with van der Waals surface area (Å²) in [5.74, 6) is 0. The molecule has 0 amide bonds. The molecular weight excluding hydrogens is 245 g/mol. The third kappa shape index (κ3) is 1.71. The number of nitrogens with zero attached hydrogens (tertiary/aromatic N) is 4. The van der Waals surface area contributed by atoms with Crippen molar-refractivity contribution < 1.29 is 13.2 Å². The Labute approximate surface area is 93.1 Å². The predicted molar refractivity (Wildman–Crippen MR) is 51.0 cm³/mol. The molecule has 16 heavy (non-hydrogen) atoms. The van der Waals surface area contributed by atoms with E-state index in [1.165, 1.54) is 0 Å². The van der Waals surface area contributed by atoms with Crippen LogP contribution in [0.4, 0.5) is 13.2 Å². The number of halogens is 4. The van der Waals surface area contributed by atoms with Gasteiger partial charge < -0.3 is 0 Å².